The molecule has 0 radical (unpaired) electrons. The molecule has 16 heteroatoms. The Balaban J connectivity index is 0.00000833. The van der Waals surface area contributed by atoms with Gasteiger partial charge in [-0.25, -0.2) is 4.79 Å². The molecule has 1 saturated carbocycles. The summed E-state index contributed by atoms with van der Waals surface area (Å²) in [7, 11) is 1.64. The van der Waals surface area contributed by atoms with Crippen molar-refractivity contribution in [2.45, 2.75) is 83.4 Å². The zero-order valence-corrected chi connectivity index (χ0v) is 28.6. The Labute approximate surface area is 289 Å². The first-order chi connectivity index (χ1) is 23.0. The third-order valence-corrected chi connectivity index (χ3v) is 8.59. The van der Waals surface area contributed by atoms with Gasteiger partial charge in [0.25, 0.3) is 0 Å². The van der Waals surface area contributed by atoms with Gasteiger partial charge in [-0.1, -0.05) is 19.1 Å². The molecule has 0 bridgehead atoms. The first-order valence-electron chi connectivity index (χ1n) is 16.6. The Bertz CT molecular complexity index is 1110. The minimum absolute atomic E-state index is 0. The molecule has 0 aromatic rings. The Morgan fingerprint density at radius 1 is 0.898 bits per heavy atom. The zero-order chi connectivity index (χ0) is 35.0. The first-order valence-corrected chi connectivity index (χ1v) is 16.6. The SMILES string of the molecule is C.COC1C(OC(=O)NCCOCCOCCNC(=O)CCNCC(=O)NCC(=O)NCC=O)CC[C@]2(CO2)C1[C@@]1(C)O[C@@H]1CC=C(C)C. The highest BCUT2D eigenvalue weighted by Gasteiger charge is 2.72. The topological polar surface area (TPSA) is 207 Å². The van der Waals surface area contributed by atoms with E-state index in [4.69, 9.17) is 28.4 Å². The quantitative estimate of drug-likeness (QED) is 0.0413. The van der Waals surface area contributed by atoms with E-state index in [1.165, 1.54) is 5.57 Å². The molecule has 5 N–H and O–H groups in total. The third kappa shape index (κ3) is 13.9. The monoisotopic (exact) mass is 699 g/mol. The number of hydrogen-bond donors (Lipinski definition) is 5. The number of aldehydes is 1. The van der Waals surface area contributed by atoms with E-state index in [1.54, 1.807) is 7.11 Å². The maximum absolute atomic E-state index is 12.6. The molecule has 2 heterocycles. The average molecular weight is 700 g/mol. The molecule has 1 aliphatic carbocycles. The molecule has 16 nitrogen and oxygen atoms in total. The summed E-state index contributed by atoms with van der Waals surface area (Å²) >= 11 is 0. The second kappa shape index (κ2) is 21.2. The number of epoxide rings is 2. The largest absolute Gasteiger partial charge is 0.443 e. The Kier molecular flexibility index (Phi) is 18.1. The van der Waals surface area contributed by atoms with Gasteiger partial charge in [0.1, 0.15) is 29.7 Å². The standard InChI is InChI=1S/C32H53N5O11.CH4/c1-22(2)5-6-24-31(3,48-24)29-28(43-4)23(7-9-32(29)21-46-32)47-30(42)36-13-16-45-18-17-44-15-12-35-25(39)8-10-33-19-26(40)37-20-27(41)34-11-14-38;/h5,14,23-24,28-29,33H,6-13,15-21H2,1-4H3,(H,34,41)(H,35,39)(H,36,42)(H,37,40);1H4/t23?,24-,28?,29?,31+,32+;/m1./s1. The molecule has 3 rings (SSSR count). The van der Waals surface area contributed by atoms with Crippen molar-refractivity contribution in [2.24, 2.45) is 5.92 Å². The summed E-state index contributed by atoms with van der Waals surface area (Å²) in [5, 5.41) is 13.0. The van der Waals surface area contributed by atoms with Crippen molar-refractivity contribution in [3.8, 4) is 0 Å². The van der Waals surface area contributed by atoms with Gasteiger partial charge in [0.2, 0.25) is 17.7 Å². The predicted octanol–water partition coefficient (Wildman–Crippen LogP) is -0.0145. The number of nitrogens with one attached hydrogen (secondary N) is 5. The minimum atomic E-state index is -0.526. The summed E-state index contributed by atoms with van der Waals surface area (Å²) in [5.41, 5.74) is 0.566. The van der Waals surface area contributed by atoms with Crippen molar-refractivity contribution in [1.29, 1.82) is 0 Å². The lowest BCUT2D eigenvalue weighted by Crippen LogP contribution is -2.56. The van der Waals surface area contributed by atoms with E-state index in [2.05, 4.69) is 53.4 Å². The first kappa shape index (κ1) is 42.0. The zero-order valence-electron chi connectivity index (χ0n) is 28.6. The van der Waals surface area contributed by atoms with Crippen LogP contribution >= 0.6 is 0 Å². The Morgan fingerprint density at radius 3 is 2.20 bits per heavy atom. The van der Waals surface area contributed by atoms with Crippen molar-refractivity contribution in [1.82, 2.24) is 26.6 Å². The van der Waals surface area contributed by atoms with Crippen LogP contribution in [0, 0.1) is 5.92 Å². The lowest BCUT2D eigenvalue weighted by molar-refractivity contribution is -0.126. The maximum Gasteiger partial charge on any atom is 0.407 e. The van der Waals surface area contributed by atoms with Crippen LogP contribution in [0.1, 0.15) is 53.9 Å². The summed E-state index contributed by atoms with van der Waals surface area (Å²) in [5.74, 6) is -1.11. The van der Waals surface area contributed by atoms with Gasteiger partial charge < -0.3 is 59.8 Å². The lowest BCUT2D eigenvalue weighted by atomic mass is 9.68. The van der Waals surface area contributed by atoms with Gasteiger partial charge in [0.05, 0.1) is 64.7 Å². The fourth-order valence-corrected chi connectivity index (χ4v) is 6.01. The maximum atomic E-state index is 12.6. The van der Waals surface area contributed by atoms with Crippen LogP contribution in [-0.2, 0) is 47.6 Å². The molecule has 3 aliphatic rings. The van der Waals surface area contributed by atoms with E-state index in [1.807, 2.05) is 0 Å². The van der Waals surface area contributed by atoms with E-state index >= 15 is 0 Å². The molecule has 1 spiro atoms. The second-order valence-corrected chi connectivity index (χ2v) is 12.5. The van der Waals surface area contributed by atoms with E-state index < -0.39 is 29.6 Å². The molecule has 0 aromatic carbocycles. The summed E-state index contributed by atoms with van der Waals surface area (Å²) in [4.78, 5) is 57.7. The number of alkyl carbamates (subject to hydrolysis) is 1. The van der Waals surface area contributed by atoms with E-state index in [0.29, 0.717) is 45.7 Å². The fraction of sp³-hybridized carbons (Fsp3) is 0.788. The Morgan fingerprint density at radius 2 is 1.57 bits per heavy atom. The van der Waals surface area contributed by atoms with Crippen molar-refractivity contribution in [2.75, 3.05) is 79.4 Å². The number of carbonyl (C=O) groups excluding carboxylic acids is 5. The van der Waals surface area contributed by atoms with Gasteiger partial charge in [-0.3, -0.25) is 14.4 Å². The number of rotatable bonds is 23. The van der Waals surface area contributed by atoms with Crippen LogP contribution in [0.4, 0.5) is 4.79 Å². The molecule has 0 aromatic heterocycles. The smallest absolute Gasteiger partial charge is 0.407 e. The van der Waals surface area contributed by atoms with Gasteiger partial charge in [-0.2, -0.15) is 0 Å². The molecule has 2 saturated heterocycles. The lowest BCUT2D eigenvalue weighted by Gasteiger charge is -2.42. The van der Waals surface area contributed by atoms with Crippen molar-refractivity contribution >= 4 is 30.1 Å². The highest BCUT2D eigenvalue weighted by Crippen LogP contribution is 2.59. The molecular formula is C33H57N5O11. The van der Waals surface area contributed by atoms with Gasteiger partial charge in [-0.15, -0.1) is 0 Å². The highest BCUT2D eigenvalue weighted by molar-refractivity contribution is 5.86. The normalized spacial score (nSPS) is 26.4. The van der Waals surface area contributed by atoms with Gasteiger partial charge >= 0.3 is 6.09 Å². The fourth-order valence-electron chi connectivity index (χ4n) is 6.01. The van der Waals surface area contributed by atoms with Gasteiger partial charge in [0, 0.05) is 33.2 Å². The van der Waals surface area contributed by atoms with Crippen LogP contribution in [0.25, 0.3) is 0 Å². The summed E-state index contributed by atoms with van der Waals surface area (Å²) < 4.78 is 34.9. The molecule has 6 atom stereocenters. The number of methoxy groups -OCH3 is 1. The second-order valence-electron chi connectivity index (χ2n) is 12.5. The van der Waals surface area contributed by atoms with Crippen LogP contribution in [0.5, 0.6) is 0 Å². The van der Waals surface area contributed by atoms with E-state index in [9.17, 15) is 24.0 Å². The molecule has 4 amide bonds. The number of allylic oxidation sites excluding steroid dienone is 1. The van der Waals surface area contributed by atoms with E-state index in [0.717, 1.165) is 12.8 Å². The van der Waals surface area contributed by atoms with Crippen molar-refractivity contribution in [3.05, 3.63) is 11.6 Å². The van der Waals surface area contributed by atoms with Crippen LogP contribution in [0.2, 0.25) is 0 Å². The van der Waals surface area contributed by atoms with Crippen LogP contribution in [-0.4, -0.2) is 139 Å². The molecule has 3 unspecified atom stereocenters. The molecule has 2 aliphatic heterocycles. The predicted molar refractivity (Wildman–Crippen MR) is 179 cm³/mol. The third-order valence-electron chi connectivity index (χ3n) is 8.59. The molecule has 280 valence electrons. The van der Waals surface area contributed by atoms with Crippen molar-refractivity contribution < 1.29 is 52.4 Å². The number of ether oxygens (including phenoxy) is 6. The molecule has 3 fully saturated rings. The Hall–Kier alpha value is -3.15. The van der Waals surface area contributed by atoms with Gasteiger partial charge in [0.15, 0.2) is 0 Å². The summed E-state index contributed by atoms with van der Waals surface area (Å²) in [6.45, 7) is 8.63. The van der Waals surface area contributed by atoms with Crippen LogP contribution in [0.15, 0.2) is 11.6 Å². The average Bonchev–Trinajstić information content (AvgIpc) is 3.98. The van der Waals surface area contributed by atoms with Crippen LogP contribution in [0.3, 0.4) is 0 Å². The number of hydrogen-bond acceptors (Lipinski definition) is 12. The highest BCUT2D eigenvalue weighted by atomic mass is 16.6. The van der Waals surface area contributed by atoms with Crippen molar-refractivity contribution in [3.63, 3.8) is 0 Å². The molecular weight excluding hydrogens is 642 g/mol. The summed E-state index contributed by atoms with van der Waals surface area (Å²) in [6.07, 6.45) is 3.95. The minimum Gasteiger partial charge on any atom is -0.443 e. The number of carbonyl (C=O) groups is 5. The number of amides is 4. The molecule has 49 heavy (non-hydrogen) atoms. The summed E-state index contributed by atoms with van der Waals surface area (Å²) in [6, 6.07) is 0. The van der Waals surface area contributed by atoms with Gasteiger partial charge in [-0.05, 0) is 40.0 Å². The van der Waals surface area contributed by atoms with E-state index in [-0.39, 0.29) is 82.8 Å². The van der Waals surface area contributed by atoms with Crippen LogP contribution < -0.4 is 26.6 Å².